The summed E-state index contributed by atoms with van der Waals surface area (Å²) in [6, 6.07) is 2.92. The number of carbonyl (C=O) groups excluding carboxylic acids is 1. The number of aromatic hydroxyl groups is 2. The third kappa shape index (κ3) is 3.66. The van der Waals surface area contributed by atoms with Crippen molar-refractivity contribution < 1.29 is 24.5 Å². The first-order chi connectivity index (χ1) is 9.40. The molecule has 0 aliphatic carbocycles. The molecular weight excluding hydrogens is 260 g/mol. The summed E-state index contributed by atoms with van der Waals surface area (Å²) >= 11 is 0. The summed E-state index contributed by atoms with van der Waals surface area (Å²) in [5, 5.41) is 19.7. The molecule has 1 aromatic carbocycles. The Hall–Kier alpha value is -2.17. The summed E-state index contributed by atoms with van der Waals surface area (Å²) in [6.07, 6.45) is -0.0000804. The van der Waals surface area contributed by atoms with E-state index >= 15 is 0 Å². The van der Waals surface area contributed by atoms with E-state index in [0.717, 1.165) is 0 Å². The van der Waals surface area contributed by atoms with E-state index in [2.05, 4.69) is 6.58 Å². The lowest BCUT2D eigenvalue weighted by Gasteiger charge is -2.22. The highest BCUT2D eigenvalue weighted by atomic mass is 16.7. The molecule has 0 aliphatic heterocycles. The van der Waals surface area contributed by atoms with Gasteiger partial charge in [0.25, 0.3) is 0 Å². The summed E-state index contributed by atoms with van der Waals surface area (Å²) in [4.78, 5) is 11.3. The number of ether oxygens (including phenoxy) is 2. The molecule has 5 heteroatoms. The molecule has 0 fully saturated rings. The Kier molecular flexibility index (Phi) is 5.43. The highest BCUT2D eigenvalue weighted by molar-refractivity contribution is 5.60. The van der Waals surface area contributed by atoms with Crippen LogP contribution in [0.25, 0.3) is 0 Å². The van der Waals surface area contributed by atoms with Crippen molar-refractivity contribution >= 4 is 6.16 Å². The fraction of sp³-hybridized carbons (Fsp3) is 0.400. The van der Waals surface area contributed by atoms with E-state index in [-0.39, 0.29) is 24.0 Å². The zero-order valence-corrected chi connectivity index (χ0v) is 11.9. The molecule has 0 amide bonds. The van der Waals surface area contributed by atoms with Crippen LogP contribution < -0.4 is 0 Å². The van der Waals surface area contributed by atoms with Gasteiger partial charge >= 0.3 is 6.16 Å². The second-order valence-corrected chi connectivity index (χ2v) is 4.49. The lowest BCUT2D eigenvalue weighted by atomic mass is 9.93. The van der Waals surface area contributed by atoms with Crippen molar-refractivity contribution in [2.24, 2.45) is 0 Å². The number of benzene rings is 1. The van der Waals surface area contributed by atoms with Gasteiger partial charge in [-0.25, -0.2) is 4.79 Å². The fourth-order valence-corrected chi connectivity index (χ4v) is 1.86. The second kappa shape index (κ2) is 6.84. The van der Waals surface area contributed by atoms with Crippen molar-refractivity contribution in [2.75, 3.05) is 6.61 Å². The van der Waals surface area contributed by atoms with E-state index in [9.17, 15) is 15.0 Å². The Morgan fingerprint density at radius 1 is 1.40 bits per heavy atom. The van der Waals surface area contributed by atoms with Crippen molar-refractivity contribution in [3.63, 3.8) is 0 Å². The van der Waals surface area contributed by atoms with Crippen molar-refractivity contribution in [3.05, 3.63) is 35.9 Å². The molecule has 0 saturated heterocycles. The Labute approximate surface area is 118 Å². The maximum Gasteiger partial charge on any atom is 0.508 e. The van der Waals surface area contributed by atoms with Crippen LogP contribution in [0.1, 0.15) is 30.9 Å². The molecular formula is C15H20O5. The Balaban J connectivity index is 2.96. The molecule has 2 N–H and O–H groups in total. The van der Waals surface area contributed by atoms with E-state index in [1.807, 2.05) is 0 Å². The molecule has 1 rings (SSSR count). The predicted octanol–water partition coefficient (Wildman–Crippen LogP) is 3.24. The van der Waals surface area contributed by atoms with Crippen molar-refractivity contribution in [2.45, 2.75) is 32.8 Å². The average molecular weight is 280 g/mol. The second-order valence-electron chi connectivity index (χ2n) is 4.49. The van der Waals surface area contributed by atoms with Gasteiger partial charge in [0, 0.05) is 11.5 Å². The zero-order chi connectivity index (χ0) is 15.3. The molecule has 0 aliphatic rings. The normalized spacial score (nSPS) is 13.3. The van der Waals surface area contributed by atoms with Gasteiger partial charge in [0.2, 0.25) is 0 Å². The number of carbonyl (C=O) groups is 1. The minimum atomic E-state index is -0.792. The monoisotopic (exact) mass is 280 g/mol. The first kappa shape index (κ1) is 15.9. The minimum Gasteiger partial charge on any atom is -0.508 e. The fourth-order valence-electron chi connectivity index (χ4n) is 1.86. The van der Waals surface area contributed by atoms with Crippen LogP contribution in [-0.2, 0) is 9.47 Å². The van der Waals surface area contributed by atoms with Crippen LogP contribution >= 0.6 is 0 Å². The average Bonchev–Trinajstić information content (AvgIpc) is 2.39. The van der Waals surface area contributed by atoms with Gasteiger partial charge in [0.15, 0.2) is 0 Å². The van der Waals surface area contributed by atoms with Crippen molar-refractivity contribution in [1.82, 2.24) is 0 Å². The lowest BCUT2D eigenvalue weighted by molar-refractivity contribution is 0.0341. The van der Waals surface area contributed by atoms with Crippen molar-refractivity contribution in [3.8, 4) is 11.5 Å². The standard InChI is InChI=1S/C15H20O5/c1-5-14(20-15(18)19-6-2)10(4)11-8-12(16)9(3)7-13(11)17/h5,7-8,10,14,16-17H,1,6H2,2-4H3/t10-,14?/m0/s1. The maximum atomic E-state index is 11.3. The quantitative estimate of drug-likeness (QED) is 0.492. The molecule has 1 aromatic rings. The first-order valence-electron chi connectivity index (χ1n) is 6.39. The van der Waals surface area contributed by atoms with Gasteiger partial charge in [-0.3, -0.25) is 0 Å². The molecule has 110 valence electrons. The zero-order valence-electron chi connectivity index (χ0n) is 11.9. The first-order valence-corrected chi connectivity index (χ1v) is 6.39. The smallest absolute Gasteiger partial charge is 0.508 e. The molecule has 1 unspecified atom stereocenters. The molecule has 5 nitrogen and oxygen atoms in total. The predicted molar refractivity (Wildman–Crippen MR) is 75.0 cm³/mol. The summed E-state index contributed by atoms with van der Waals surface area (Å²) in [6.45, 7) is 8.95. The number of phenols is 2. The Bertz CT molecular complexity index is 495. The Morgan fingerprint density at radius 2 is 2.05 bits per heavy atom. The summed E-state index contributed by atoms with van der Waals surface area (Å²) in [5.74, 6) is -0.265. The molecule has 0 aromatic heterocycles. The molecule has 0 bridgehead atoms. The summed E-state index contributed by atoms with van der Waals surface area (Å²) in [5.41, 5.74) is 1.04. The molecule has 20 heavy (non-hydrogen) atoms. The minimum absolute atomic E-state index is 0.0344. The van der Waals surface area contributed by atoms with Gasteiger partial charge in [-0.05, 0) is 31.5 Å². The van der Waals surface area contributed by atoms with Gasteiger partial charge in [0.1, 0.15) is 17.6 Å². The summed E-state index contributed by atoms with van der Waals surface area (Å²) < 4.78 is 9.82. The topological polar surface area (TPSA) is 76.0 Å². The number of aryl methyl sites for hydroxylation is 1. The highest BCUT2D eigenvalue weighted by Gasteiger charge is 2.24. The van der Waals surface area contributed by atoms with Crippen LogP contribution in [0.4, 0.5) is 4.79 Å². The van der Waals surface area contributed by atoms with Crippen LogP contribution in [-0.4, -0.2) is 29.1 Å². The van der Waals surface area contributed by atoms with Gasteiger partial charge < -0.3 is 19.7 Å². The van der Waals surface area contributed by atoms with Crippen LogP contribution in [0.3, 0.4) is 0 Å². The molecule has 0 spiro atoms. The third-order valence-electron chi connectivity index (χ3n) is 3.06. The van der Waals surface area contributed by atoms with E-state index in [4.69, 9.17) is 9.47 Å². The molecule has 2 atom stereocenters. The van der Waals surface area contributed by atoms with E-state index < -0.39 is 12.3 Å². The molecule has 0 saturated carbocycles. The number of rotatable bonds is 5. The van der Waals surface area contributed by atoms with E-state index in [0.29, 0.717) is 11.1 Å². The molecule has 0 heterocycles. The summed E-state index contributed by atoms with van der Waals surface area (Å²) in [7, 11) is 0. The Morgan fingerprint density at radius 3 is 2.60 bits per heavy atom. The van der Waals surface area contributed by atoms with Crippen LogP contribution in [0.15, 0.2) is 24.8 Å². The third-order valence-corrected chi connectivity index (χ3v) is 3.06. The SMILES string of the molecule is C=CC(OC(=O)OCC)[C@@H](C)c1cc(O)c(C)cc1O. The lowest BCUT2D eigenvalue weighted by Crippen LogP contribution is -2.22. The van der Waals surface area contributed by atoms with Crippen LogP contribution in [0, 0.1) is 6.92 Å². The van der Waals surface area contributed by atoms with Crippen LogP contribution in [0.5, 0.6) is 11.5 Å². The van der Waals surface area contributed by atoms with Gasteiger partial charge in [-0.15, -0.1) is 0 Å². The van der Waals surface area contributed by atoms with Gasteiger partial charge in [-0.1, -0.05) is 19.6 Å². The van der Waals surface area contributed by atoms with Gasteiger partial charge in [0.05, 0.1) is 6.61 Å². The number of hydrogen-bond donors (Lipinski definition) is 2. The largest absolute Gasteiger partial charge is 0.508 e. The maximum absolute atomic E-state index is 11.3. The van der Waals surface area contributed by atoms with Crippen LogP contribution in [0.2, 0.25) is 0 Å². The number of phenolic OH excluding ortho intramolecular Hbond substituents is 2. The van der Waals surface area contributed by atoms with E-state index in [1.54, 1.807) is 20.8 Å². The van der Waals surface area contributed by atoms with Gasteiger partial charge in [-0.2, -0.15) is 0 Å². The van der Waals surface area contributed by atoms with E-state index in [1.165, 1.54) is 18.2 Å². The highest BCUT2D eigenvalue weighted by Crippen LogP contribution is 2.34. The number of hydrogen-bond acceptors (Lipinski definition) is 5. The van der Waals surface area contributed by atoms with Crippen molar-refractivity contribution in [1.29, 1.82) is 0 Å². The molecule has 0 radical (unpaired) electrons.